The highest BCUT2D eigenvalue weighted by molar-refractivity contribution is 5.88. The predicted octanol–water partition coefficient (Wildman–Crippen LogP) is 4.24. The third-order valence-corrected chi connectivity index (χ3v) is 3.66. The van der Waals surface area contributed by atoms with Gasteiger partial charge in [-0.2, -0.15) is 0 Å². The van der Waals surface area contributed by atoms with Crippen LogP contribution in [0.4, 0.5) is 28.7 Å². The summed E-state index contributed by atoms with van der Waals surface area (Å²) >= 11 is 0. The zero-order chi connectivity index (χ0) is 19.2. The van der Waals surface area contributed by atoms with Gasteiger partial charge in [-0.3, -0.25) is 4.79 Å². The van der Waals surface area contributed by atoms with Gasteiger partial charge >= 0.3 is 0 Å². The molecule has 0 atom stereocenters. The summed E-state index contributed by atoms with van der Waals surface area (Å²) in [5.74, 6) is 2.65. The van der Waals surface area contributed by atoms with E-state index in [0.717, 1.165) is 22.8 Å². The maximum atomic E-state index is 11.1. The van der Waals surface area contributed by atoms with Crippen LogP contribution in [0.1, 0.15) is 12.7 Å². The summed E-state index contributed by atoms with van der Waals surface area (Å²) in [4.78, 5) is 19.9. The van der Waals surface area contributed by atoms with Crippen molar-refractivity contribution in [2.45, 2.75) is 13.8 Å². The van der Waals surface area contributed by atoms with Gasteiger partial charge in [0, 0.05) is 36.1 Å². The van der Waals surface area contributed by atoms with Crippen molar-refractivity contribution < 1.29 is 9.53 Å². The predicted molar refractivity (Wildman–Crippen MR) is 107 cm³/mol. The molecule has 7 heteroatoms. The average molecular weight is 363 g/mol. The molecule has 0 fully saturated rings. The number of carbonyl (C=O) groups excluding carboxylic acids is 1. The van der Waals surface area contributed by atoms with Crippen molar-refractivity contribution in [2.75, 3.05) is 23.1 Å². The van der Waals surface area contributed by atoms with Crippen molar-refractivity contribution in [1.82, 2.24) is 9.97 Å². The van der Waals surface area contributed by atoms with E-state index >= 15 is 0 Å². The van der Waals surface area contributed by atoms with Gasteiger partial charge in [0.05, 0.1) is 7.11 Å². The molecule has 27 heavy (non-hydrogen) atoms. The Kier molecular flexibility index (Phi) is 5.51. The third-order valence-electron chi connectivity index (χ3n) is 3.66. The molecule has 0 aliphatic heterocycles. The first kappa shape index (κ1) is 18.2. The lowest BCUT2D eigenvalue weighted by molar-refractivity contribution is -0.114. The van der Waals surface area contributed by atoms with Crippen molar-refractivity contribution >= 4 is 34.6 Å². The highest BCUT2D eigenvalue weighted by Crippen LogP contribution is 2.23. The van der Waals surface area contributed by atoms with Crippen LogP contribution in [0.3, 0.4) is 0 Å². The number of aromatic nitrogens is 2. The number of carbonyl (C=O) groups is 1. The molecular formula is C20H21N5O2. The molecule has 3 rings (SSSR count). The lowest BCUT2D eigenvalue weighted by Crippen LogP contribution is -2.05. The van der Waals surface area contributed by atoms with Crippen molar-refractivity contribution in [3.63, 3.8) is 0 Å². The Hall–Kier alpha value is -3.61. The number of rotatable bonds is 6. The first-order chi connectivity index (χ1) is 13.0. The van der Waals surface area contributed by atoms with Gasteiger partial charge in [-0.05, 0) is 43.3 Å². The van der Waals surface area contributed by atoms with Crippen molar-refractivity contribution in [2.24, 2.45) is 0 Å². The summed E-state index contributed by atoms with van der Waals surface area (Å²) in [6.45, 7) is 3.31. The van der Waals surface area contributed by atoms with Crippen LogP contribution in [0, 0.1) is 6.92 Å². The number of nitrogens with one attached hydrogen (secondary N) is 3. The minimum Gasteiger partial charge on any atom is -0.497 e. The monoisotopic (exact) mass is 363 g/mol. The van der Waals surface area contributed by atoms with E-state index < -0.39 is 0 Å². The minimum atomic E-state index is -0.101. The minimum absolute atomic E-state index is 0.101. The standard InChI is InChI=1S/C20H21N5O2/c1-13-21-19(24-16-9-7-15(8-10-16)23-14(2)26)12-20(22-13)25-17-5-4-6-18(11-17)27-3/h4-12H,1-3H3,(H,23,26)(H2,21,22,24,25). The summed E-state index contributed by atoms with van der Waals surface area (Å²) in [6.07, 6.45) is 0. The zero-order valence-electron chi connectivity index (χ0n) is 15.4. The van der Waals surface area contributed by atoms with E-state index in [2.05, 4.69) is 25.9 Å². The largest absolute Gasteiger partial charge is 0.497 e. The fourth-order valence-corrected chi connectivity index (χ4v) is 2.53. The molecule has 2 aromatic carbocycles. The van der Waals surface area contributed by atoms with Gasteiger partial charge in [0.25, 0.3) is 0 Å². The van der Waals surface area contributed by atoms with Crippen LogP contribution in [0.5, 0.6) is 5.75 Å². The number of hydrogen-bond donors (Lipinski definition) is 3. The van der Waals surface area contributed by atoms with E-state index in [1.165, 1.54) is 6.92 Å². The molecule has 0 aliphatic rings. The van der Waals surface area contributed by atoms with Gasteiger partial charge in [-0.1, -0.05) is 6.07 Å². The van der Waals surface area contributed by atoms with Gasteiger partial charge in [0.15, 0.2) is 0 Å². The van der Waals surface area contributed by atoms with E-state index in [1.807, 2.05) is 61.5 Å². The Morgan fingerprint density at radius 1 is 0.889 bits per heavy atom. The normalized spacial score (nSPS) is 10.2. The highest BCUT2D eigenvalue weighted by Gasteiger charge is 2.05. The fraction of sp³-hybridized carbons (Fsp3) is 0.150. The average Bonchev–Trinajstić information content (AvgIpc) is 2.62. The van der Waals surface area contributed by atoms with Gasteiger partial charge in [0.1, 0.15) is 23.2 Å². The Morgan fingerprint density at radius 2 is 1.52 bits per heavy atom. The number of benzene rings is 2. The fourth-order valence-electron chi connectivity index (χ4n) is 2.53. The van der Waals surface area contributed by atoms with Crippen molar-refractivity contribution in [3.8, 4) is 5.75 Å². The Balaban J connectivity index is 1.75. The second-order valence-corrected chi connectivity index (χ2v) is 5.93. The molecule has 1 heterocycles. The SMILES string of the molecule is COc1cccc(Nc2cc(Nc3ccc(NC(C)=O)cc3)nc(C)n2)c1. The molecule has 0 spiro atoms. The number of methoxy groups -OCH3 is 1. The van der Waals surface area contributed by atoms with E-state index in [1.54, 1.807) is 7.11 Å². The van der Waals surface area contributed by atoms with Crippen LogP contribution >= 0.6 is 0 Å². The van der Waals surface area contributed by atoms with Gasteiger partial charge in [-0.15, -0.1) is 0 Å². The lowest BCUT2D eigenvalue weighted by Gasteiger charge is -2.11. The summed E-state index contributed by atoms with van der Waals surface area (Å²) < 4.78 is 5.24. The summed E-state index contributed by atoms with van der Waals surface area (Å²) in [5, 5.41) is 9.24. The molecular weight excluding hydrogens is 342 g/mol. The summed E-state index contributed by atoms with van der Waals surface area (Å²) in [6, 6.07) is 16.8. The molecule has 0 saturated carbocycles. The number of nitrogens with zero attached hydrogens (tertiary/aromatic N) is 2. The Morgan fingerprint density at radius 3 is 2.15 bits per heavy atom. The molecule has 0 saturated heterocycles. The van der Waals surface area contributed by atoms with E-state index in [0.29, 0.717) is 17.5 Å². The highest BCUT2D eigenvalue weighted by atomic mass is 16.5. The van der Waals surface area contributed by atoms with Gasteiger partial charge < -0.3 is 20.7 Å². The van der Waals surface area contributed by atoms with Crippen LogP contribution in [-0.2, 0) is 4.79 Å². The smallest absolute Gasteiger partial charge is 0.221 e. The Labute approximate surface area is 157 Å². The van der Waals surface area contributed by atoms with E-state index in [4.69, 9.17) is 4.74 Å². The maximum absolute atomic E-state index is 11.1. The van der Waals surface area contributed by atoms with Crippen molar-refractivity contribution in [1.29, 1.82) is 0 Å². The second-order valence-electron chi connectivity index (χ2n) is 5.93. The summed E-state index contributed by atoms with van der Waals surface area (Å²) in [5.41, 5.74) is 2.47. The van der Waals surface area contributed by atoms with E-state index in [9.17, 15) is 4.79 Å². The van der Waals surface area contributed by atoms with Crippen molar-refractivity contribution in [3.05, 3.63) is 60.4 Å². The molecule has 3 aromatic rings. The van der Waals surface area contributed by atoms with Gasteiger partial charge in [-0.25, -0.2) is 9.97 Å². The number of amides is 1. The van der Waals surface area contributed by atoms with Crippen LogP contribution in [0.25, 0.3) is 0 Å². The summed E-state index contributed by atoms with van der Waals surface area (Å²) in [7, 11) is 1.63. The zero-order valence-corrected chi connectivity index (χ0v) is 15.4. The molecule has 1 aromatic heterocycles. The second kappa shape index (κ2) is 8.18. The first-order valence-corrected chi connectivity index (χ1v) is 8.43. The molecule has 3 N–H and O–H groups in total. The topological polar surface area (TPSA) is 88.2 Å². The van der Waals surface area contributed by atoms with Crippen LogP contribution in [0.15, 0.2) is 54.6 Å². The molecule has 1 amide bonds. The number of ether oxygens (including phenoxy) is 1. The number of hydrogen-bond acceptors (Lipinski definition) is 6. The van der Waals surface area contributed by atoms with Crippen LogP contribution < -0.4 is 20.7 Å². The number of aryl methyl sites for hydroxylation is 1. The first-order valence-electron chi connectivity index (χ1n) is 8.43. The maximum Gasteiger partial charge on any atom is 0.221 e. The van der Waals surface area contributed by atoms with E-state index in [-0.39, 0.29) is 5.91 Å². The number of anilines is 5. The molecule has 0 unspecified atom stereocenters. The van der Waals surface area contributed by atoms with Crippen LogP contribution in [0.2, 0.25) is 0 Å². The molecule has 0 radical (unpaired) electrons. The lowest BCUT2D eigenvalue weighted by atomic mass is 10.2. The molecule has 138 valence electrons. The van der Waals surface area contributed by atoms with Crippen LogP contribution in [-0.4, -0.2) is 23.0 Å². The molecule has 0 aliphatic carbocycles. The quantitative estimate of drug-likeness (QED) is 0.607. The molecule has 7 nitrogen and oxygen atoms in total. The Bertz CT molecular complexity index is 941. The molecule has 0 bridgehead atoms. The van der Waals surface area contributed by atoms with Gasteiger partial charge in [0.2, 0.25) is 5.91 Å². The third kappa shape index (κ3) is 5.18.